The van der Waals surface area contributed by atoms with Gasteiger partial charge in [0, 0.05) is 14.2 Å². The fraction of sp³-hybridized carbons (Fsp3) is 1.00. The van der Waals surface area contributed by atoms with Crippen LogP contribution >= 0.6 is 11.8 Å². The number of hydrogen-bond acceptors (Lipinski definition) is 5. The molecule has 5 heteroatoms. The van der Waals surface area contributed by atoms with Gasteiger partial charge in [0.15, 0.2) is 0 Å². The summed E-state index contributed by atoms with van der Waals surface area (Å²) in [4.78, 5) is 0. The van der Waals surface area contributed by atoms with Gasteiger partial charge in [-0.3, -0.25) is 0 Å². The van der Waals surface area contributed by atoms with Gasteiger partial charge in [0.25, 0.3) is 0 Å². The highest BCUT2D eigenvalue weighted by Crippen LogP contribution is 1.89. The van der Waals surface area contributed by atoms with Gasteiger partial charge >= 0.3 is 0 Å². The van der Waals surface area contributed by atoms with Crippen molar-refractivity contribution in [3.8, 4) is 0 Å². The lowest BCUT2D eigenvalue weighted by Crippen LogP contribution is -2.40. The lowest BCUT2D eigenvalue weighted by molar-refractivity contribution is -0.0412. The Bertz CT molecular complexity index is 79.0. The van der Waals surface area contributed by atoms with Crippen LogP contribution in [0.25, 0.3) is 0 Å². The summed E-state index contributed by atoms with van der Waals surface area (Å²) in [6.07, 6.45) is 2.03. The van der Waals surface area contributed by atoms with E-state index in [2.05, 4.69) is 5.43 Å². The molecule has 68 valence electrons. The molecule has 0 aliphatic rings. The summed E-state index contributed by atoms with van der Waals surface area (Å²) in [5.41, 5.74) is 3.12. The summed E-state index contributed by atoms with van der Waals surface area (Å²) >= 11 is 1.72. The summed E-state index contributed by atoms with van der Waals surface area (Å²) < 4.78 is 9.86. The minimum atomic E-state index is 0.536. The van der Waals surface area contributed by atoms with Gasteiger partial charge < -0.3 is 9.47 Å². The Kier molecular flexibility index (Phi) is 8.43. The molecule has 0 bridgehead atoms. The molecule has 0 aromatic heterocycles. The number of thioether (sulfide) groups is 1. The van der Waals surface area contributed by atoms with E-state index < -0.39 is 0 Å². The molecule has 0 saturated carbocycles. The molecular formula is C6H16N2O2S. The standard InChI is InChI=1S/C6H16N2O2S/c1-9-5-8(6-10-2)7-4-11-3/h7H,4-6H2,1-3H3. The van der Waals surface area contributed by atoms with E-state index in [-0.39, 0.29) is 0 Å². The van der Waals surface area contributed by atoms with Crippen molar-refractivity contribution in [3.05, 3.63) is 0 Å². The van der Waals surface area contributed by atoms with E-state index in [4.69, 9.17) is 9.47 Å². The largest absolute Gasteiger partial charge is 0.368 e. The molecule has 0 spiro atoms. The second-order valence-electron chi connectivity index (χ2n) is 1.97. The molecule has 0 amide bonds. The molecule has 1 N–H and O–H groups in total. The van der Waals surface area contributed by atoms with Crippen LogP contribution in [-0.2, 0) is 9.47 Å². The molecule has 0 saturated heterocycles. The number of hydrogen-bond donors (Lipinski definition) is 1. The van der Waals surface area contributed by atoms with Gasteiger partial charge in [0.05, 0.1) is 5.88 Å². The van der Waals surface area contributed by atoms with Crippen molar-refractivity contribution in [3.63, 3.8) is 0 Å². The fourth-order valence-electron chi connectivity index (χ4n) is 0.596. The maximum atomic E-state index is 4.93. The van der Waals surface area contributed by atoms with Crippen molar-refractivity contribution in [1.29, 1.82) is 0 Å². The molecule has 0 fully saturated rings. The quantitative estimate of drug-likeness (QED) is 0.451. The number of nitrogens with zero attached hydrogens (tertiary/aromatic N) is 1. The molecule has 11 heavy (non-hydrogen) atoms. The Morgan fingerprint density at radius 1 is 1.27 bits per heavy atom. The van der Waals surface area contributed by atoms with Gasteiger partial charge in [-0.1, -0.05) is 0 Å². The first-order valence-electron chi connectivity index (χ1n) is 3.30. The molecule has 0 aromatic rings. The smallest absolute Gasteiger partial charge is 0.114 e. The SMILES string of the molecule is COCN(COC)NCSC. The summed E-state index contributed by atoms with van der Waals surface area (Å²) in [5.74, 6) is 0.868. The molecule has 0 aliphatic carbocycles. The van der Waals surface area contributed by atoms with E-state index in [1.165, 1.54) is 0 Å². The first-order valence-corrected chi connectivity index (χ1v) is 4.69. The van der Waals surface area contributed by atoms with E-state index in [1.807, 2.05) is 11.3 Å². The van der Waals surface area contributed by atoms with Crippen molar-refractivity contribution in [2.75, 3.05) is 39.8 Å². The van der Waals surface area contributed by atoms with Crippen LogP contribution in [0.4, 0.5) is 0 Å². The lowest BCUT2D eigenvalue weighted by Gasteiger charge is -2.20. The van der Waals surface area contributed by atoms with Gasteiger partial charge in [-0.15, -0.1) is 11.8 Å². The highest BCUT2D eigenvalue weighted by molar-refractivity contribution is 7.98. The number of methoxy groups -OCH3 is 2. The predicted octanol–water partition coefficient (Wildman–Crippen LogP) is 0.321. The number of nitrogens with one attached hydrogen (secondary N) is 1. The Morgan fingerprint density at radius 3 is 2.18 bits per heavy atom. The third-order valence-corrected chi connectivity index (χ3v) is 1.42. The third kappa shape index (κ3) is 6.58. The minimum Gasteiger partial charge on any atom is -0.368 e. The van der Waals surface area contributed by atoms with Crippen LogP contribution in [0, 0.1) is 0 Å². The number of rotatable bonds is 7. The molecule has 0 aliphatic heterocycles. The maximum absolute atomic E-state index is 4.93. The average molecular weight is 180 g/mol. The van der Waals surface area contributed by atoms with E-state index >= 15 is 0 Å². The molecule has 0 heterocycles. The van der Waals surface area contributed by atoms with Gasteiger partial charge in [-0.2, -0.15) is 5.01 Å². The van der Waals surface area contributed by atoms with Gasteiger partial charge in [-0.25, -0.2) is 5.43 Å². The van der Waals surface area contributed by atoms with Crippen LogP contribution in [0.1, 0.15) is 0 Å². The van der Waals surface area contributed by atoms with Crippen molar-refractivity contribution in [2.24, 2.45) is 0 Å². The van der Waals surface area contributed by atoms with Crippen molar-refractivity contribution < 1.29 is 9.47 Å². The van der Waals surface area contributed by atoms with E-state index in [1.54, 1.807) is 26.0 Å². The second-order valence-corrected chi connectivity index (χ2v) is 2.83. The van der Waals surface area contributed by atoms with Gasteiger partial charge in [0.1, 0.15) is 13.5 Å². The van der Waals surface area contributed by atoms with Crippen LogP contribution in [0.5, 0.6) is 0 Å². The minimum absolute atomic E-state index is 0.536. The normalized spacial score (nSPS) is 10.9. The molecule has 0 rings (SSSR count). The average Bonchev–Trinajstić information content (AvgIpc) is 2.01. The fourth-order valence-corrected chi connectivity index (χ4v) is 0.908. The Labute approximate surface area is 72.2 Å². The molecular weight excluding hydrogens is 164 g/mol. The van der Waals surface area contributed by atoms with Crippen LogP contribution in [0.15, 0.2) is 0 Å². The van der Waals surface area contributed by atoms with E-state index in [0.29, 0.717) is 13.5 Å². The zero-order valence-electron chi connectivity index (χ0n) is 7.29. The topological polar surface area (TPSA) is 33.7 Å². The molecule has 0 atom stereocenters. The van der Waals surface area contributed by atoms with E-state index in [9.17, 15) is 0 Å². The summed E-state index contributed by atoms with van der Waals surface area (Å²) in [5, 5.41) is 1.86. The van der Waals surface area contributed by atoms with Gasteiger partial charge in [-0.05, 0) is 6.26 Å². The van der Waals surface area contributed by atoms with Crippen molar-refractivity contribution in [2.45, 2.75) is 0 Å². The molecule has 0 aromatic carbocycles. The summed E-state index contributed by atoms with van der Waals surface area (Å²) in [6, 6.07) is 0. The summed E-state index contributed by atoms with van der Waals surface area (Å²) in [7, 11) is 3.31. The van der Waals surface area contributed by atoms with Crippen molar-refractivity contribution in [1.82, 2.24) is 10.4 Å². The first-order chi connectivity index (χ1) is 5.35. The van der Waals surface area contributed by atoms with Crippen LogP contribution in [-0.4, -0.2) is 44.8 Å². The van der Waals surface area contributed by atoms with Crippen LogP contribution in [0.3, 0.4) is 0 Å². The lowest BCUT2D eigenvalue weighted by atomic mass is 11.0. The first kappa shape index (κ1) is 11.2. The zero-order chi connectivity index (χ0) is 8.53. The van der Waals surface area contributed by atoms with Gasteiger partial charge in [0.2, 0.25) is 0 Å². The second kappa shape index (κ2) is 8.29. The van der Waals surface area contributed by atoms with Crippen molar-refractivity contribution >= 4 is 11.8 Å². The van der Waals surface area contributed by atoms with E-state index in [0.717, 1.165) is 5.88 Å². The molecule has 0 unspecified atom stereocenters. The van der Waals surface area contributed by atoms with Crippen LogP contribution < -0.4 is 5.43 Å². The predicted molar refractivity (Wildman–Crippen MR) is 47.1 cm³/mol. The summed E-state index contributed by atoms with van der Waals surface area (Å²) in [6.45, 7) is 1.07. The zero-order valence-corrected chi connectivity index (χ0v) is 8.11. The highest BCUT2D eigenvalue weighted by Gasteiger charge is 1.99. The third-order valence-electron chi connectivity index (χ3n) is 1.00. The Balaban J connectivity index is 3.34. The number of hydrazine groups is 1. The monoisotopic (exact) mass is 180 g/mol. The molecule has 0 radical (unpaired) electrons. The van der Waals surface area contributed by atoms with Crippen LogP contribution in [0.2, 0.25) is 0 Å². The molecule has 4 nitrogen and oxygen atoms in total. The highest BCUT2D eigenvalue weighted by atomic mass is 32.2. The Morgan fingerprint density at radius 2 is 1.82 bits per heavy atom. The Hall–Kier alpha value is 0.190. The number of ether oxygens (including phenoxy) is 2. The maximum Gasteiger partial charge on any atom is 0.114 e.